The van der Waals surface area contributed by atoms with E-state index in [2.05, 4.69) is 32.2 Å². The van der Waals surface area contributed by atoms with Crippen molar-refractivity contribution < 1.29 is 18.0 Å². The van der Waals surface area contributed by atoms with Crippen molar-refractivity contribution in [2.45, 2.75) is 12.7 Å². The molecule has 3 rings (SSSR count). The van der Waals surface area contributed by atoms with Crippen LogP contribution >= 0.6 is 0 Å². The molecule has 1 fully saturated rings. The zero-order valence-corrected chi connectivity index (χ0v) is 15.5. The monoisotopic (exact) mass is 392 g/mol. The van der Waals surface area contributed by atoms with E-state index in [1.807, 2.05) is 18.2 Å². The average Bonchev–Trinajstić information content (AvgIpc) is 2.69. The van der Waals surface area contributed by atoms with E-state index in [-0.39, 0.29) is 5.56 Å². The lowest BCUT2D eigenvalue weighted by Crippen LogP contribution is -2.48. The van der Waals surface area contributed by atoms with Crippen LogP contribution in [0.4, 0.5) is 13.2 Å². The summed E-state index contributed by atoms with van der Waals surface area (Å²) in [7, 11) is 0. The number of hydrogen-bond donors (Lipinski definition) is 1. The maximum Gasteiger partial charge on any atom is 0.433 e. The standard InChI is InChI=1S/C20H23F3N4O/c21-20(22,23)18-7-6-17(14-25-18)19(28)24-8-9-26-10-12-27(13-11-26)15-16-4-2-1-3-5-16/h1-7,14H,8-13,15H2,(H,24,28). The van der Waals surface area contributed by atoms with Crippen LogP contribution in [0.3, 0.4) is 0 Å². The van der Waals surface area contributed by atoms with Crippen LogP contribution in [0.25, 0.3) is 0 Å². The van der Waals surface area contributed by atoms with E-state index >= 15 is 0 Å². The molecule has 8 heteroatoms. The van der Waals surface area contributed by atoms with Gasteiger partial charge < -0.3 is 5.32 Å². The maximum absolute atomic E-state index is 12.5. The van der Waals surface area contributed by atoms with Crippen LogP contribution in [0.5, 0.6) is 0 Å². The third kappa shape index (κ3) is 5.77. The molecule has 0 radical (unpaired) electrons. The lowest BCUT2D eigenvalue weighted by Gasteiger charge is -2.34. The van der Waals surface area contributed by atoms with Crippen molar-refractivity contribution in [2.24, 2.45) is 0 Å². The third-order valence-electron chi connectivity index (χ3n) is 4.74. The number of rotatable bonds is 6. The van der Waals surface area contributed by atoms with Crippen LogP contribution in [-0.4, -0.2) is 60.0 Å². The van der Waals surface area contributed by atoms with Gasteiger partial charge >= 0.3 is 6.18 Å². The number of carbonyl (C=O) groups is 1. The molecule has 1 amide bonds. The van der Waals surface area contributed by atoms with Crippen LogP contribution in [-0.2, 0) is 12.7 Å². The molecule has 0 aliphatic carbocycles. The molecule has 0 unspecified atom stereocenters. The number of amides is 1. The van der Waals surface area contributed by atoms with Gasteiger partial charge in [0.05, 0.1) is 5.56 Å². The largest absolute Gasteiger partial charge is 0.433 e. The molecular formula is C20H23F3N4O. The summed E-state index contributed by atoms with van der Waals surface area (Å²) in [5, 5.41) is 2.74. The van der Waals surface area contributed by atoms with Gasteiger partial charge in [0.15, 0.2) is 0 Å². The van der Waals surface area contributed by atoms with Gasteiger partial charge in [-0.1, -0.05) is 30.3 Å². The Hall–Kier alpha value is -2.45. The van der Waals surface area contributed by atoms with Crippen LogP contribution in [0.15, 0.2) is 48.7 Å². The predicted octanol–water partition coefficient (Wildman–Crippen LogP) is 2.65. The highest BCUT2D eigenvalue weighted by atomic mass is 19.4. The number of halogens is 3. The Bertz CT molecular complexity index is 757. The van der Waals surface area contributed by atoms with Crippen molar-refractivity contribution in [2.75, 3.05) is 39.3 Å². The van der Waals surface area contributed by atoms with E-state index in [4.69, 9.17) is 0 Å². The summed E-state index contributed by atoms with van der Waals surface area (Å²) in [6.07, 6.45) is -3.54. The fourth-order valence-corrected chi connectivity index (χ4v) is 3.14. The molecule has 1 aromatic carbocycles. The second-order valence-electron chi connectivity index (χ2n) is 6.79. The van der Waals surface area contributed by atoms with Gasteiger partial charge in [-0.05, 0) is 17.7 Å². The molecule has 0 spiro atoms. The fourth-order valence-electron chi connectivity index (χ4n) is 3.14. The highest BCUT2D eigenvalue weighted by Gasteiger charge is 2.32. The van der Waals surface area contributed by atoms with Gasteiger partial charge in [-0.3, -0.25) is 19.6 Å². The second kappa shape index (κ2) is 9.16. The molecule has 0 bridgehead atoms. The number of carbonyl (C=O) groups excluding carboxylic acids is 1. The third-order valence-corrected chi connectivity index (χ3v) is 4.74. The van der Waals surface area contributed by atoms with Gasteiger partial charge in [0.25, 0.3) is 5.91 Å². The van der Waals surface area contributed by atoms with Crippen LogP contribution in [0.1, 0.15) is 21.6 Å². The first kappa shape index (κ1) is 20.3. The summed E-state index contributed by atoms with van der Waals surface area (Å²) < 4.78 is 37.5. The van der Waals surface area contributed by atoms with Gasteiger partial charge in [0, 0.05) is 52.0 Å². The number of aromatic nitrogens is 1. The Kier molecular flexibility index (Phi) is 6.64. The van der Waals surface area contributed by atoms with E-state index in [1.165, 1.54) is 5.56 Å². The van der Waals surface area contributed by atoms with Crippen molar-refractivity contribution in [3.8, 4) is 0 Å². The van der Waals surface area contributed by atoms with Crippen molar-refractivity contribution in [1.29, 1.82) is 0 Å². The van der Waals surface area contributed by atoms with Gasteiger partial charge in [-0.15, -0.1) is 0 Å². The number of nitrogens with zero attached hydrogens (tertiary/aromatic N) is 3. The molecule has 1 N–H and O–H groups in total. The van der Waals surface area contributed by atoms with Gasteiger partial charge in [-0.25, -0.2) is 0 Å². The van der Waals surface area contributed by atoms with Gasteiger partial charge in [0.2, 0.25) is 0 Å². The lowest BCUT2D eigenvalue weighted by atomic mass is 10.2. The van der Waals surface area contributed by atoms with Crippen molar-refractivity contribution in [1.82, 2.24) is 20.1 Å². The number of alkyl halides is 3. The molecule has 0 saturated carbocycles. The van der Waals surface area contributed by atoms with Crippen molar-refractivity contribution in [3.05, 3.63) is 65.5 Å². The summed E-state index contributed by atoms with van der Waals surface area (Å²) in [4.78, 5) is 20.0. The molecular weight excluding hydrogens is 369 g/mol. The predicted molar refractivity (Wildman–Crippen MR) is 99.7 cm³/mol. The quantitative estimate of drug-likeness (QED) is 0.821. The van der Waals surface area contributed by atoms with E-state index < -0.39 is 17.8 Å². The lowest BCUT2D eigenvalue weighted by molar-refractivity contribution is -0.141. The molecule has 1 aromatic heterocycles. The Morgan fingerprint density at radius 1 is 1.00 bits per heavy atom. The highest BCUT2D eigenvalue weighted by molar-refractivity contribution is 5.93. The summed E-state index contributed by atoms with van der Waals surface area (Å²) in [5.41, 5.74) is 0.423. The van der Waals surface area contributed by atoms with E-state index in [0.717, 1.165) is 51.1 Å². The van der Waals surface area contributed by atoms with E-state index in [9.17, 15) is 18.0 Å². The van der Waals surface area contributed by atoms with E-state index in [1.54, 1.807) is 0 Å². The SMILES string of the molecule is O=C(NCCN1CCN(Cc2ccccc2)CC1)c1ccc(C(F)(F)F)nc1. The molecule has 5 nitrogen and oxygen atoms in total. The van der Waals surface area contributed by atoms with Crippen LogP contribution < -0.4 is 5.32 Å². The Morgan fingerprint density at radius 2 is 1.68 bits per heavy atom. The van der Waals surface area contributed by atoms with E-state index in [0.29, 0.717) is 13.1 Å². The van der Waals surface area contributed by atoms with Crippen LogP contribution in [0.2, 0.25) is 0 Å². The number of nitrogens with one attached hydrogen (secondary N) is 1. The summed E-state index contributed by atoms with van der Waals surface area (Å²) in [5.74, 6) is -0.413. The Morgan fingerprint density at radius 3 is 2.29 bits per heavy atom. The summed E-state index contributed by atoms with van der Waals surface area (Å²) >= 11 is 0. The number of pyridine rings is 1. The Labute approximate surface area is 162 Å². The number of hydrogen-bond acceptors (Lipinski definition) is 4. The van der Waals surface area contributed by atoms with Crippen LogP contribution in [0, 0.1) is 0 Å². The molecule has 1 saturated heterocycles. The van der Waals surface area contributed by atoms with Gasteiger partial charge in [-0.2, -0.15) is 13.2 Å². The zero-order valence-electron chi connectivity index (χ0n) is 15.5. The molecule has 2 heterocycles. The van der Waals surface area contributed by atoms with Gasteiger partial charge in [0.1, 0.15) is 5.69 Å². The topological polar surface area (TPSA) is 48.5 Å². The number of benzene rings is 1. The first-order valence-corrected chi connectivity index (χ1v) is 9.22. The highest BCUT2D eigenvalue weighted by Crippen LogP contribution is 2.27. The second-order valence-corrected chi connectivity index (χ2v) is 6.79. The smallest absolute Gasteiger partial charge is 0.351 e. The molecule has 0 atom stereocenters. The van der Waals surface area contributed by atoms with Crippen molar-refractivity contribution in [3.63, 3.8) is 0 Å². The molecule has 1 aliphatic rings. The first-order valence-electron chi connectivity index (χ1n) is 9.22. The Balaban J connectivity index is 1.37. The normalized spacial score (nSPS) is 16.1. The first-order chi connectivity index (χ1) is 13.4. The molecule has 28 heavy (non-hydrogen) atoms. The fraction of sp³-hybridized carbons (Fsp3) is 0.400. The minimum absolute atomic E-state index is 0.126. The maximum atomic E-state index is 12.5. The minimum atomic E-state index is -4.50. The average molecular weight is 392 g/mol. The minimum Gasteiger partial charge on any atom is -0.351 e. The number of piperazine rings is 1. The summed E-state index contributed by atoms with van der Waals surface area (Å²) in [6, 6.07) is 12.3. The van der Waals surface area contributed by atoms with Crippen molar-refractivity contribution >= 4 is 5.91 Å². The zero-order chi connectivity index (χ0) is 20.0. The molecule has 150 valence electrons. The molecule has 2 aromatic rings. The molecule has 1 aliphatic heterocycles. The summed E-state index contributed by atoms with van der Waals surface area (Å²) in [6.45, 7) is 5.86.